The van der Waals surface area contributed by atoms with Crippen LogP contribution in [0.4, 0.5) is 0 Å². The van der Waals surface area contributed by atoms with Gasteiger partial charge in [0, 0.05) is 12.1 Å². The summed E-state index contributed by atoms with van der Waals surface area (Å²) in [5.41, 5.74) is 1.47. The fourth-order valence-electron chi connectivity index (χ4n) is 1.62. The van der Waals surface area contributed by atoms with E-state index >= 15 is 0 Å². The summed E-state index contributed by atoms with van der Waals surface area (Å²) in [4.78, 5) is 0. The maximum Gasteiger partial charge on any atom is 0.383 e. The first kappa shape index (κ1) is 19.2. The summed E-state index contributed by atoms with van der Waals surface area (Å²) in [5.74, 6) is 5.38. The van der Waals surface area contributed by atoms with Crippen LogP contribution in [0.3, 0.4) is 0 Å². The molecule has 0 aliphatic rings. The van der Waals surface area contributed by atoms with E-state index in [2.05, 4.69) is 42.9 Å². The molecule has 0 atom stereocenters. The molecule has 6 heteroatoms. The summed E-state index contributed by atoms with van der Waals surface area (Å²) in [6.07, 6.45) is 6.83. The van der Waals surface area contributed by atoms with Gasteiger partial charge in [0.1, 0.15) is 6.54 Å². The molecule has 112 valence electrons. The fraction of sp³-hybridized carbons (Fsp3) is 0.438. The van der Waals surface area contributed by atoms with Gasteiger partial charge in [-0.15, -0.1) is 23.9 Å². The van der Waals surface area contributed by atoms with Crippen molar-refractivity contribution in [3.8, 4) is 23.9 Å². The second-order valence-electron chi connectivity index (χ2n) is 4.88. The minimum Gasteiger partial charge on any atom is -0.245 e. The predicted octanol–water partition coefficient (Wildman–Crippen LogP) is 2.41. The third kappa shape index (κ3) is 6.56. The molecular weight excluding hydrogens is 273 g/mol. The van der Waals surface area contributed by atoms with Crippen LogP contribution in [0, 0.1) is 44.9 Å². The second-order valence-corrected chi connectivity index (χ2v) is 4.88. The van der Waals surface area contributed by atoms with Crippen LogP contribution in [0.5, 0.6) is 0 Å². The minimum absolute atomic E-state index is 1.06. The molecule has 0 saturated carbocycles. The molecule has 0 aliphatic carbocycles. The van der Waals surface area contributed by atoms with Crippen LogP contribution in [0.25, 0.3) is 0 Å². The van der Waals surface area contributed by atoms with Gasteiger partial charge in [0.05, 0.1) is 0 Å². The van der Waals surface area contributed by atoms with Crippen molar-refractivity contribution in [1.82, 2.24) is 0 Å². The summed E-state index contributed by atoms with van der Waals surface area (Å²) in [5, 5.41) is 32.3. The molecule has 1 rings (SSSR count). The molecule has 22 heavy (non-hydrogen) atoms. The van der Waals surface area contributed by atoms with Gasteiger partial charge in [-0.25, -0.2) is 25.6 Å². The van der Waals surface area contributed by atoms with Gasteiger partial charge in [-0.1, -0.05) is 19.8 Å². The van der Waals surface area contributed by atoms with E-state index in [0.29, 0.717) is 0 Å². The zero-order chi connectivity index (χ0) is 16.8. The summed E-state index contributed by atoms with van der Waals surface area (Å²) in [6.45, 7) is 5.47. The number of nitrogens with zero attached hydrogens (tertiary/aromatic N) is 5. The Labute approximate surface area is 132 Å². The number of nitriles is 4. The highest BCUT2D eigenvalue weighted by Crippen LogP contribution is 2.04. The molecular formula is C16H20BN5. The average molecular weight is 293 g/mol. The van der Waals surface area contributed by atoms with E-state index in [9.17, 15) is 0 Å². The normalized spacial score (nSPS) is 9.18. The SMILES string of the molecule is CCCCCc1cc[n+](CC)cc1.N#C[B-](C#N)(C#N)C#N. The van der Waals surface area contributed by atoms with E-state index in [1.54, 1.807) is 0 Å². The zero-order valence-electron chi connectivity index (χ0n) is 13.2. The number of pyridine rings is 1. The van der Waals surface area contributed by atoms with E-state index in [1.165, 1.54) is 55.1 Å². The van der Waals surface area contributed by atoms with Crippen molar-refractivity contribution in [3.05, 3.63) is 30.1 Å². The fourth-order valence-corrected chi connectivity index (χ4v) is 1.62. The highest BCUT2D eigenvalue weighted by atomic mass is 14.9. The number of rotatable bonds is 5. The van der Waals surface area contributed by atoms with Crippen LogP contribution in [0.1, 0.15) is 38.7 Å². The predicted molar refractivity (Wildman–Crippen MR) is 83.7 cm³/mol. The van der Waals surface area contributed by atoms with E-state index in [1.807, 2.05) is 0 Å². The Morgan fingerprint density at radius 1 is 0.909 bits per heavy atom. The number of hydrogen-bond donors (Lipinski definition) is 0. The average Bonchev–Trinajstić information content (AvgIpc) is 2.59. The van der Waals surface area contributed by atoms with Gasteiger partial charge < -0.3 is 0 Å². The number of hydrogen-bond acceptors (Lipinski definition) is 4. The molecule has 0 bridgehead atoms. The van der Waals surface area contributed by atoms with Crippen molar-refractivity contribution >= 4 is 6.15 Å². The summed E-state index contributed by atoms with van der Waals surface area (Å²) < 4.78 is 2.20. The molecule has 5 nitrogen and oxygen atoms in total. The van der Waals surface area contributed by atoms with Gasteiger partial charge in [0.15, 0.2) is 12.4 Å². The lowest BCUT2D eigenvalue weighted by Gasteiger charge is -1.98. The van der Waals surface area contributed by atoms with Crippen molar-refractivity contribution in [3.63, 3.8) is 0 Å². The Kier molecular flexibility index (Phi) is 9.50. The lowest BCUT2D eigenvalue weighted by atomic mass is 9.30. The molecule has 0 aliphatic heterocycles. The molecule has 0 spiro atoms. The van der Waals surface area contributed by atoms with Crippen molar-refractivity contribution in [2.45, 2.75) is 46.1 Å². The van der Waals surface area contributed by atoms with Gasteiger partial charge in [0.25, 0.3) is 0 Å². The van der Waals surface area contributed by atoms with Crippen LogP contribution in [-0.2, 0) is 13.0 Å². The Balaban J connectivity index is 0.000000433. The molecule has 1 heterocycles. The van der Waals surface area contributed by atoms with Gasteiger partial charge >= 0.3 is 6.15 Å². The third-order valence-corrected chi connectivity index (χ3v) is 3.17. The van der Waals surface area contributed by atoms with E-state index in [4.69, 9.17) is 21.0 Å². The van der Waals surface area contributed by atoms with E-state index < -0.39 is 6.15 Å². The van der Waals surface area contributed by atoms with Crippen LogP contribution >= 0.6 is 0 Å². The molecule has 0 amide bonds. The van der Waals surface area contributed by atoms with Crippen LogP contribution in [0.15, 0.2) is 24.5 Å². The Hall–Kier alpha value is -2.83. The van der Waals surface area contributed by atoms with Gasteiger partial charge in [-0.05, 0) is 25.3 Å². The van der Waals surface area contributed by atoms with Gasteiger partial charge in [-0.2, -0.15) is 0 Å². The largest absolute Gasteiger partial charge is 0.383 e. The molecule has 1 aromatic heterocycles. The lowest BCUT2D eigenvalue weighted by molar-refractivity contribution is -0.693. The van der Waals surface area contributed by atoms with Gasteiger partial charge in [-0.3, -0.25) is 0 Å². The molecule has 0 aromatic carbocycles. The van der Waals surface area contributed by atoms with Crippen LogP contribution in [-0.4, -0.2) is 6.15 Å². The third-order valence-electron chi connectivity index (χ3n) is 3.17. The number of aromatic nitrogens is 1. The number of unbranched alkanes of at least 4 members (excludes halogenated alkanes) is 2. The van der Waals surface area contributed by atoms with Crippen molar-refractivity contribution < 1.29 is 4.57 Å². The maximum atomic E-state index is 8.09. The van der Waals surface area contributed by atoms with Crippen molar-refractivity contribution in [2.24, 2.45) is 0 Å². The first-order chi connectivity index (χ1) is 10.6. The van der Waals surface area contributed by atoms with Crippen molar-refractivity contribution in [1.29, 1.82) is 21.0 Å². The highest BCUT2D eigenvalue weighted by molar-refractivity contribution is 7.05. The minimum atomic E-state index is -2.72. The number of aryl methyl sites for hydroxylation is 2. The first-order valence-corrected chi connectivity index (χ1v) is 7.39. The quantitative estimate of drug-likeness (QED) is 0.472. The Bertz CT molecular complexity index is 549. The van der Waals surface area contributed by atoms with Gasteiger partial charge in [0.2, 0.25) is 0 Å². The summed E-state index contributed by atoms with van der Waals surface area (Å²) >= 11 is 0. The van der Waals surface area contributed by atoms with Crippen LogP contribution < -0.4 is 4.57 Å². The molecule has 1 aromatic rings. The molecule has 0 N–H and O–H groups in total. The Morgan fingerprint density at radius 2 is 1.41 bits per heavy atom. The van der Waals surface area contributed by atoms with Crippen molar-refractivity contribution in [2.75, 3.05) is 0 Å². The van der Waals surface area contributed by atoms with E-state index in [-0.39, 0.29) is 0 Å². The standard InChI is InChI=1S/C12H20N.C4BN4/c1-3-5-6-7-12-8-10-13(4-2)11-9-12;6-1-5(2-7,3-8)4-9/h8-11H,3-7H2,1-2H3;/q+1;-1. The molecule has 0 fully saturated rings. The maximum absolute atomic E-state index is 8.09. The Morgan fingerprint density at radius 3 is 1.73 bits per heavy atom. The lowest BCUT2D eigenvalue weighted by Crippen LogP contribution is -2.30. The van der Waals surface area contributed by atoms with Crippen LogP contribution in [0.2, 0.25) is 0 Å². The summed E-state index contributed by atoms with van der Waals surface area (Å²) in [7, 11) is 0. The topological polar surface area (TPSA) is 99.0 Å². The molecule has 0 radical (unpaired) electrons. The summed E-state index contributed by atoms with van der Waals surface area (Å²) in [6, 6.07) is 4.47. The zero-order valence-corrected chi connectivity index (χ0v) is 13.2. The molecule has 0 unspecified atom stereocenters. The monoisotopic (exact) mass is 293 g/mol. The second kappa shape index (κ2) is 10.9. The molecule has 0 saturated heterocycles. The van der Waals surface area contributed by atoms with E-state index in [0.717, 1.165) is 6.54 Å². The smallest absolute Gasteiger partial charge is 0.245 e. The first-order valence-electron chi connectivity index (χ1n) is 7.39. The highest BCUT2D eigenvalue weighted by Gasteiger charge is 2.22.